The van der Waals surface area contributed by atoms with Gasteiger partial charge in [0.15, 0.2) is 0 Å². The number of benzene rings is 4. The highest BCUT2D eigenvalue weighted by atomic mass is 32.2. The lowest BCUT2D eigenvalue weighted by Gasteiger charge is -2.15. The summed E-state index contributed by atoms with van der Waals surface area (Å²) in [5, 5.41) is 22.0. The van der Waals surface area contributed by atoms with Crippen LogP contribution in [-0.2, 0) is 6.54 Å². The van der Waals surface area contributed by atoms with Gasteiger partial charge in [-0.15, -0.1) is 0 Å². The average molecular weight is 528 g/mol. The van der Waals surface area contributed by atoms with Gasteiger partial charge in [0.25, 0.3) is 0 Å². The molecule has 4 aromatic rings. The quantitative estimate of drug-likeness (QED) is 0.241. The number of nitriles is 2. The highest BCUT2D eigenvalue weighted by molar-refractivity contribution is 8.02. The molecule has 0 amide bonds. The summed E-state index contributed by atoms with van der Waals surface area (Å²) in [6.45, 7) is 0.282. The Morgan fingerprint density at radius 2 is 1.43 bits per heavy atom. The lowest BCUT2D eigenvalue weighted by Crippen LogP contribution is -2.03. The van der Waals surface area contributed by atoms with E-state index in [0.29, 0.717) is 21.7 Å². The van der Waals surface area contributed by atoms with Crippen molar-refractivity contribution < 1.29 is 13.9 Å². The highest BCUT2D eigenvalue weighted by Gasteiger charge is 2.16. The van der Waals surface area contributed by atoms with E-state index in [0.717, 1.165) is 26.2 Å². The normalized spacial score (nSPS) is 10.3. The Hall–Kier alpha value is -4.11. The fraction of sp³-hybridized carbons (Fsp3) is 0.103. The molecule has 5 nitrogen and oxygen atoms in total. The molecule has 37 heavy (non-hydrogen) atoms. The maximum Gasteiger partial charge on any atom is 0.138 e. The second-order valence-corrected chi connectivity index (χ2v) is 9.96. The lowest BCUT2D eigenvalue weighted by atomic mass is 10.1. The molecule has 1 N–H and O–H groups in total. The van der Waals surface area contributed by atoms with Gasteiger partial charge in [-0.05, 0) is 78.4 Å². The first-order valence-corrected chi connectivity index (χ1v) is 12.8. The summed E-state index contributed by atoms with van der Waals surface area (Å²) >= 11 is 2.81. The van der Waals surface area contributed by atoms with Crippen LogP contribution >= 0.6 is 23.5 Å². The monoisotopic (exact) mass is 527 g/mol. The molecule has 0 aliphatic rings. The Morgan fingerprint density at radius 3 is 2.00 bits per heavy atom. The van der Waals surface area contributed by atoms with E-state index < -0.39 is 0 Å². The van der Waals surface area contributed by atoms with Crippen molar-refractivity contribution in [2.45, 2.75) is 26.1 Å². The van der Waals surface area contributed by atoms with Crippen LogP contribution in [0.25, 0.3) is 0 Å². The minimum Gasteiger partial charge on any atom is -0.497 e. The molecule has 0 radical (unpaired) electrons. The molecular formula is C29H22FN3O2S2. The van der Waals surface area contributed by atoms with E-state index in [1.807, 2.05) is 60.7 Å². The molecule has 0 aliphatic carbocycles. The van der Waals surface area contributed by atoms with Gasteiger partial charge in [0.05, 0.1) is 35.9 Å². The third-order valence-electron chi connectivity index (χ3n) is 5.42. The zero-order valence-electron chi connectivity index (χ0n) is 20.1. The number of rotatable bonds is 9. The molecule has 0 saturated heterocycles. The van der Waals surface area contributed by atoms with Gasteiger partial charge in [0.2, 0.25) is 0 Å². The molecule has 0 atom stereocenters. The number of anilines is 1. The first-order chi connectivity index (χ1) is 18.0. The van der Waals surface area contributed by atoms with Crippen LogP contribution in [0.15, 0.2) is 98.4 Å². The van der Waals surface area contributed by atoms with E-state index >= 15 is 4.39 Å². The molecule has 184 valence electrons. The number of halogens is 1. The number of ether oxygens (including phenoxy) is 2. The van der Waals surface area contributed by atoms with Crippen LogP contribution in [0.5, 0.6) is 11.5 Å². The van der Waals surface area contributed by atoms with Crippen LogP contribution in [0.3, 0.4) is 0 Å². The van der Waals surface area contributed by atoms with Crippen LogP contribution in [0, 0.1) is 28.5 Å². The molecule has 4 rings (SSSR count). The van der Waals surface area contributed by atoms with E-state index in [-0.39, 0.29) is 17.9 Å². The summed E-state index contributed by atoms with van der Waals surface area (Å²) in [5.41, 5.74) is 1.80. The van der Waals surface area contributed by atoms with Gasteiger partial charge in [-0.25, -0.2) is 4.39 Å². The first kappa shape index (κ1) is 26.0. The van der Waals surface area contributed by atoms with Gasteiger partial charge in [-0.3, -0.25) is 0 Å². The van der Waals surface area contributed by atoms with Gasteiger partial charge in [-0.1, -0.05) is 29.6 Å². The zero-order chi connectivity index (χ0) is 26.2. The maximum absolute atomic E-state index is 15.6. The Kier molecular flexibility index (Phi) is 8.58. The molecule has 0 saturated carbocycles. The van der Waals surface area contributed by atoms with Crippen molar-refractivity contribution in [1.29, 1.82) is 10.5 Å². The summed E-state index contributed by atoms with van der Waals surface area (Å²) in [5.74, 6) is 1.13. The van der Waals surface area contributed by atoms with E-state index in [4.69, 9.17) is 9.47 Å². The molecule has 0 heterocycles. The molecular weight excluding hydrogens is 505 g/mol. The predicted molar refractivity (Wildman–Crippen MR) is 144 cm³/mol. The van der Waals surface area contributed by atoms with Crippen molar-refractivity contribution in [3.8, 4) is 23.6 Å². The third-order valence-corrected chi connectivity index (χ3v) is 7.72. The predicted octanol–water partition coefficient (Wildman–Crippen LogP) is 7.50. The van der Waals surface area contributed by atoms with Crippen molar-refractivity contribution in [3.63, 3.8) is 0 Å². The number of nitrogens with one attached hydrogen (secondary N) is 1. The first-order valence-electron chi connectivity index (χ1n) is 11.2. The van der Waals surface area contributed by atoms with Gasteiger partial charge in [0.1, 0.15) is 29.5 Å². The van der Waals surface area contributed by atoms with Gasteiger partial charge in [0, 0.05) is 21.2 Å². The molecule has 0 fully saturated rings. The molecule has 0 spiro atoms. The summed E-state index contributed by atoms with van der Waals surface area (Å²) < 4.78 is 26.0. The van der Waals surface area contributed by atoms with Gasteiger partial charge in [-0.2, -0.15) is 10.5 Å². The Balaban J connectivity index is 1.66. The van der Waals surface area contributed by atoms with Crippen LogP contribution in [0.2, 0.25) is 0 Å². The van der Waals surface area contributed by atoms with Gasteiger partial charge >= 0.3 is 0 Å². The highest BCUT2D eigenvalue weighted by Crippen LogP contribution is 2.42. The topological polar surface area (TPSA) is 78.1 Å². The van der Waals surface area contributed by atoms with Crippen LogP contribution in [-0.4, -0.2) is 14.2 Å². The smallest absolute Gasteiger partial charge is 0.138 e. The fourth-order valence-corrected chi connectivity index (χ4v) is 5.54. The number of nitrogens with zero attached hydrogens (tertiary/aromatic N) is 2. The maximum atomic E-state index is 15.6. The van der Waals surface area contributed by atoms with Crippen molar-refractivity contribution in [2.75, 3.05) is 19.5 Å². The Labute approximate surface area is 223 Å². The van der Waals surface area contributed by atoms with Crippen molar-refractivity contribution in [1.82, 2.24) is 0 Å². The van der Waals surface area contributed by atoms with E-state index in [1.165, 1.54) is 29.6 Å². The summed E-state index contributed by atoms with van der Waals surface area (Å²) in [4.78, 5) is 3.09. The Bertz CT molecular complexity index is 1480. The van der Waals surface area contributed by atoms with Crippen LogP contribution < -0.4 is 14.8 Å². The average Bonchev–Trinajstić information content (AvgIpc) is 2.94. The molecule has 0 aromatic heterocycles. The second kappa shape index (κ2) is 12.2. The van der Waals surface area contributed by atoms with Crippen molar-refractivity contribution in [2.24, 2.45) is 0 Å². The minimum absolute atomic E-state index is 0.269. The largest absolute Gasteiger partial charge is 0.497 e. The van der Waals surface area contributed by atoms with E-state index in [2.05, 4.69) is 11.4 Å². The second-order valence-electron chi connectivity index (χ2n) is 7.77. The number of methoxy groups -OCH3 is 2. The van der Waals surface area contributed by atoms with Gasteiger partial charge < -0.3 is 14.8 Å². The van der Waals surface area contributed by atoms with E-state index in [1.54, 1.807) is 32.4 Å². The van der Waals surface area contributed by atoms with E-state index in [9.17, 15) is 10.5 Å². The fourth-order valence-electron chi connectivity index (χ4n) is 3.54. The molecule has 4 aromatic carbocycles. The minimum atomic E-state index is -0.345. The SMILES string of the molecule is COc1ccc(Sc2cc(CNc3cccc(C#N)c3C#N)cc(F)c2Sc2ccc(OC)cc2)cc1. The third kappa shape index (κ3) is 6.37. The van der Waals surface area contributed by atoms with Crippen molar-refractivity contribution >= 4 is 29.2 Å². The summed E-state index contributed by atoms with van der Waals surface area (Å²) in [7, 11) is 3.22. The summed E-state index contributed by atoms with van der Waals surface area (Å²) in [6.07, 6.45) is 0. The molecule has 0 unspecified atom stereocenters. The number of hydrogen-bond donors (Lipinski definition) is 1. The molecule has 8 heteroatoms. The standard InChI is InChI=1S/C29H22FN3O2S2/c1-34-21-6-10-23(11-7-21)36-28-15-19(18-33-27-5-3-4-20(16-31)25(27)17-32)14-26(30)29(28)37-24-12-8-22(35-2)9-13-24/h3-15,33H,18H2,1-2H3. The summed E-state index contributed by atoms with van der Waals surface area (Å²) in [6, 6.07) is 27.7. The van der Waals surface area contributed by atoms with Crippen molar-refractivity contribution in [3.05, 3.63) is 101 Å². The number of hydrogen-bond acceptors (Lipinski definition) is 7. The zero-order valence-corrected chi connectivity index (χ0v) is 21.8. The molecule has 0 bridgehead atoms. The molecule has 0 aliphatic heterocycles. The van der Waals surface area contributed by atoms with Crippen LogP contribution in [0.1, 0.15) is 16.7 Å². The Morgan fingerprint density at radius 1 is 0.811 bits per heavy atom. The van der Waals surface area contributed by atoms with Crippen LogP contribution in [0.4, 0.5) is 10.1 Å². The lowest BCUT2D eigenvalue weighted by molar-refractivity contribution is 0.414.